The van der Waals surface area contributed by atoms with Crippen LogP contribution in [0.25, 0.3) is 10.8 Å². The minimum atomic E-state index is -1.11. The van der Waals surface area contributed by atoms with Crippen molar-refractivity contribution in [1.29, 1.82) is 0 Å². The number of aliphatic hydroxyl groups is 1. The largest absolute Gasteiger partial charge is 0.480 e. The lowest BCUT2D eigenvalue weighted by atomic mass is 9.94. The average Bonchev–Trinajstić information content (AvgIpc) is 2.39. The molecule has 0 radical (unpaired) electrons. The van der Waals surface area contributed by atoms with Gasteiger partial charge < -0.3 is 10.2 Å². The first-order valence-electron chi connectivity index (χ1n) is 7.10. The van der Waals surface area contributed by atoms with Crippen molar-refractivity contribution in [2.75, 3.05) is 0 Å². The Labute approximate surface area is 128 Å². The van der Waals surface area contributed by atoms with E-state index in [1.807, 2.05) is 13.8 Å². The summed E-state index contributed by atoms with van der Waals surface area (Å²) in [6, 6.07) is 5.06. The lowest BCUT2D eigenvalue weighted by molar-refractivity contribution is -0.138. The van der Waals surface area contributed by atoms with Crippen molar-refractivity contribution < 1.29 is 15.0 Å². The molecule has 0 unspecified atom stereocenters. The first kappa shape index (κ1) is 16.2. The Balaban J connectivity index is 2.81. The molecule has 6 heteroatoms. The number of carbonyl (C=O) groups is 1. The van der Waals surface area contributed by atoms with Gasteiger partial charge >= 0.3 is 5.97 Å². The van der Waals surface area contributed by atoms with Crippen LogP contribution < -0.4 is 5.56 Å². The van der Waals surface area contributed by atoms with E-state index < -0.39 is 23.7 Å². The molecule has 22 heavy (non-hydrogen) atoms. The number of nitrogens with zero attached hydrogens (tertiary/aromatic N) is 2. The maximum absolute atomic E-state index is 12.4. The summed E-state index contributed by atoms with van der Waals surface area (Å²) in [4.78, 5) is 23.3. The fraction of sp³-hybridized carbons (Fsp3) is 0.438. The zero-order valence-electron chi connectivity index (χ0n) is 13.1. The Morgan fingerprint density at radius 2 is 1.95 bits per heavy atom. The molecule has 1 heterocycles. The molecule has 0 saturated heterocycles. The quantitative estimate of drug-likeness (QED) is 0.899. The molecule has 118 valence electrons. The van der Waals surface area contributed by atoms with Crippen LogP contribution in [0.2, 0.25) is 0 Å². The summed E-state index contributed by atoms with van der Waals surface area (Å²) in [5.74, 6) is -1.10. The number of carboxylic acids is 1. The highest BCUT2D eigenvalue weighted by Crippen LogP contribution is 2.27. The molecule has 0 bridgehead atoms. The van der Waals surface area contributed by atoms with Gasteiger partial charge in [0.2, 0.25) is 0 Å². The van der Waals surface area contributed by atoms with Crippen molar-refractivity contribution in [3.8, 4) is 0 Å². The van der Waals surface area contributed by atoms with E-state index in [0.29, 0.717) is 22.0 Å². The SMILES string of the molecule is CC(C)c1nn(CC(=O)O)c(=O)c2ccc(C(C)(C)O)cc12. The van der Waals surface area contributed by atoms with Crippen molar-refractivity contribution in [1.82, 2.24) is 9.78 Å². The summed E-state index contributed by atoms with van der Waals surface area (Å²) in [6.45, 7) is 6.72. The summed E-state index contributed by atoms with van der Waals surface area (Å²) in [5, 5.41) is 24.3. The third-order valence-electron chi connectivity index (χ3n) is 3.53. The van der Waals surface area contributed by atoms with E-state index in [2.05, 4.69) is 5.10 Å². The molecule has 1 aromatic carbocycles. The Bertz CT molecular complexity index is 785. The second kappa shape index (κ2) is 5.53. The van der Waals surface area contributed by atoms with E-state index in [4.69, 9.17) is 5.11 Å². The summed E-state index contributed by atoms with van der Waals surface area (Å²) in [6.07, 6.45) is 0. The van der Waals surface area contributed by atoms with Gasteiger partial charge in [0.25, 0.3) is 5.56 Å². The summed E-state index contributed by atoms with van der Waals surface area (Å²) >= 11 is 0. The van der Waals surface area contributed by atoms with Crippen molar-refractivity contribution >= 4 is 16.7 Å². The van der Waals surface area contributed by atoms with E-state index in [9.17, 15) is 14.7 Å². The van der Waals surface area contributed by atoms with E-state index in [1.54, 1.807) is 32.0 Å². The lowest BCUT2D eigenvalue weighted by Gasteiger charge is -2.19. The predicted molar refractivity (Wildman–Crippen MR) is 83.0 cm³/mol. The van der Waals surface area contributed by atoms with Gasteiger partial charge in [-0.1, -0.05) is 19.9 Å². The van der Waals surface area contributed by atoms with E-state index in [-0.39, 0.29) is 5.92 Å². The molecular weight excluding hydrogens is 284 g/mol. The highest BCUT2D eigenvalue weighted by Gasteiger charge is 2.20. The summed E-state index contributed by atoms with van der Waals surface area (Å²) in [7, 11) is 0. The molecule has 2 aromatic rings. The molecule has 2 rings (SSSR count). The number of aromatic nitrogens is 2. The van der Waals surface area contributed by atoms with Crippen LogP contribution in [0.15, 0.2) is 23.0 Å². The second-order valence-corrected chi connectivity index (χ2v) is 6.22. The molecule has 0 saturated carbocycles. The van der Waals surface area contributed by atoms with Gasteiger partial charge in [-0.25, -0.2) is 4.68 Å². The van der Waals surface area contributed by atoms with Crippen LogP contribution in [-0.2, 0) is 16.9 Å². The minimum absolute atomic E-state index is 0.0141. The normalized spacial score (nSPS) is 12.1. The number of hydrogen-bond donors (Lipinski definition) is 2. The van der Waals surface area contributed by atoms with Crippen LogP contribution in [0.1, 0.15) is 44.9 Å². The van der Waals surface area contributed by atoms with Crippen LogP contribution in [0.5, 0.6) is 0 Å². The number of aliphatic carboxylic acids is 1. The molecule has 0 aliphatic heterocycles. The molecule has 0 aliphatic carbocycles. The van der Waals surface area contributed by atoms with Gasteiger partial charge in [-0.3, -0.25) is 9.59 Å². The van der Waals surface area contributed by atoms with Crippen LogP contribution in [0.3, 0.4) is 0 Å². The van der Waals surface area contributed by atoms with Crippen LogP contribution >= 0.6 is 0 Å². The zero-order valence-corrected chi connectivity index (χ0v) is 13.1. The van der Waals surface area contributed by atoms with Crippen molar-refractivity contribution in [3.63, 3.8) is 0 Å². The van der Waals surface area contributed by atoms with Crippen molar-refractivity contribution in [2.24, 2.45) is 0 Å². The molecule has 0 spiro atoms. The first-order valence-corrected chi connectivity index (χ1v) is 7.10. The third-order valence-corrected chi connectivity index (χ3v) is 3.53. The predicted octanol–water partition coefficient (Wildman–Crippen LogP) is 1.83. The summed E-state index contributed by atoms with van der Waals surface area (Å²) < 4.78 is 0.976. The van der Waals surface area contributed by atoms with E-state index >= 15 is 0 Å². The maximum atomic E-state index is 12.4. The Morgan fingerprint density at radius 3 is 2.45 bits per heavy atom. The Morgan fingerprint density at radius 1 is 1.32 bits per heavy atom. The van der Waals surface area contributed by atoms with Gasteiger partial charge in [0.05, 0.1) is 16.7 Å². The Hall–Kier alpha value is -2.21. The van der Waals surface area contributed by atoms with Crippen molar-refractivity contribution in [2.45, 2.75) is 45.8 Å². The molecule has 0 amide bonds. The monoisotopic (exact) mass is 304 g/mol. The van der Waals surface area contributed by atoms with E-state index in [0.717, 1.165) is 4.68 Å². The average molecular weight is 304 g/mol. The van der Waals surface area contributed by atoms with Gasteiger partial charge in [-0.15, -0.1) is 0 Å². The molecule has 6 nitrogen and oxygen atoms in total. The smallest absolute Gasteiger partial charge is 0.325 e. The number of carboxylic acid groups (broad SMARTS) is 1. The topological polar surface area (TPSA) is 92.4 Å². The van der Waals surface area contributed by atoms with Gasteiger partial charge in [0.15, 0.2) is 0 Å². The van der Waals surface area contributed by atoms with Crippen molar-refractivity contribution in [3.05, 3.63) is 39.8 Å². The summed E-state index contributed by atoms with van der Waals surface area (Å²) in [5.41, 5.74) is -0.150. The van der Waals surface area contributed by atoms with Gasteiger partial charge in [0, 0.05) is 5.39 Å². The zero-order chi connectivity index (χ0) is 16.7. The highest BCUT2D eigenvalue weighted by molar-refractivity contribution is 5.85. The van der Waals surface area contributed by atoms with Gasteiger partial charge in [0.1, 0.15) is 6.54 Å². The fourth-order valence-electron chi connectivity index (χ4n) is 2.35. The maximum Gasteiger partial charge on any atom is 0.325 e. The molecule has 0 aliphatic rings. The van der Waals surface area contributed by atoms with Gasteiger partial charge in [-0.2, -0.15) is 5.10 Å². The number of benzene rings is 1. The molecule has 0 atom stereocenters. The lowest BCUT2D eigenvalue weighted by Crippen LogP contribution is -2.28. The molecular formula is C16H20N2O4. The third kappa shape index (κ3) is 3.01. The number of hydrogen-bond acceptors (Lipinski definition) is 4. The van der Waals surface area contributed by atoms with Crippen LogP contribution in [0, 0.1) is 0 Å². The van der Waals surface area contributed by atoms with Gasteiger partial charge in [-0.05, 0) is 37.5 Å². The standard InChI is InChI=1S/C16H20N2O4/c1-9(2)14-12-7-10(16(3,4)22)5-6-11(12)15(21)18(17-14)8-13(19)20/h5-7,9,22H,8H2,1-4H3,(H,19,20). The molecule has 2 N–H and O–H groups in total. The minimum Gasteiger partial charge on any atom is -0.480 e. The first-order chi connectivity index (χ1) is 10.1. The Kier molecular flexibility index (Phi) is 4.06. The molecule has 0 fully saturated rings. The molecule has 1 aromatic heterocycles. The van der Waals surface area contributed by atoms with E-state index in [1.165, 1.54) is 0 Å². The fourth-order valence-corrected chi connectivity index (χ4v) is 2.35. The van der Waals surface area contributed by atoms with Crippen LogP contribution in [-0.4, -0.2) is 26.0 Å². The number of rotatable bonds is 4. The number of fused-ring (bicyclic) bond motifs is 1. The highest BCUT2D eigenvalue weighted by atomic mass is 16.4. The van der Waals surface area contributed by atoms with Crippen LogP contribution in [0.4, 0.5) is 0 Å². The second-order valence-electron chi connectivity index (χ2n) is 6.22.